The number of unbranched alkanes of at least 4 members (excludes halogenated alkanes) is 7. The second-order valence-corrected chi connectivity index (χ2v) is 6.77. The van der Waals surface area contributed by atoms with Crippen molar-refractivity contribution in [3.05, 3.63) is 59.7 Å². The molecule has 136 valence electrons. The molecule has 2 N–H and O–H groups in total. The number of hydrogen-bond acceptors (Lipinski definition) is 2. The molecule has 0 atom stereocenters. The van der Waals surface area contributed by atoms with E-state index in [2.05, 4.69) is 48.5 Å². The quantitative estimate of drug-likeness (QED) is 0.516. The number of hydrogen-bond donors (Lipinski definition) is 2. The summed E-state index contributed by atoms with van der Waals surface area (Å²) in [5.74, 6) is 0. The van der Waals surface area contributed by atoms with E-state index in [1.165, 1.54) is 47.9 Å². The minimum absolute atomic E-state index is 0.338. The van der Waals surface area contributed by atoms with Gasteiger partial charge in [-0.05, 0) is 41.5 Å². The molecule has 0 spiro atoms. The first-order valence-electron chi connectivity index (χ1n) is 9.74. The van der Waals surface area contributed by atoms with Gasteiger partial charge in [0.2, 0.25) is 0 Å². The van der Waals surface area contributed by atoms with Crippen LogP contribution in [0.25, 0.3) is 11.1 Å². The van der Waals surface area contributed by atoms with Gasteiger partial charge in [-0.15, -0.1) is 0 Å². The molecule has 25 heavy (non-hydrogen) atoms. The Bertz CT molecular complexity index is 553. The second kappa shape index (κ2) is 11.8. The highest BCUT2D eigenvalue weighted by atomic mass is 16.3. The number of rotatable bonds is 9. The van der Waals surface area contributed by atoms with E-state index >= 15 is 0 Å². The fourth-order valence-corrected chi connectivity index (χ4v) is 3.36. The first-order chi connectivity index (χ1) is 12.4. The van der Waals surface area contributed by atoms with Crippen molar-refractivity contribution < 1.29 is 10.2 Å². The Morgan fingerprint density at radius 3 is 1.28 bits per heavy atom. The molecular weight excluding hydrogens is 308 g/mol. The van der Waals surface area contributed by atoms with E-state index in [0.29, 0.717) is 13.2 Å². The highest BCUT2D eigenvalue weighted by molar-refractivity contribution is 5.76. The molecule has 0 unspecified atom stereocenters. The van der Waals surface area contributed by atoms with Crippen LogP contribution in [-0.4, -0.2) is 23.4 Å². The lowest BCUT2D eigenvalue weighted by Gasteiger charge is -1.99. The molecule has 1 aliphatic rings. The number of fused-ring (bicyclic) bond motifs is 3. The van der Waals surface area contributed by atoms with Gasteiger partial charge in [0.15, 0.2) is 0 Å². The highest BCUT2D eigenvalue weighted by Crippen LogP contribution is 2.35. The summed E-state index contributed by atoms with van der Waals surface area (Å²) in [6.45, 7) is 0.676. The zero-order chi connectivity index (χ0) is 17.7. The maximum absolute atomic E-state index is 8.51. The van der Waals surface area contributed by atoms with Gasteiger partial charge in [0.05, 0.1) is 0 Å². The Labute approximate surface area is 152 Å². The molecule has 3 rings (SSSR count). The highest BCUT2D eigenvalue weighted by Gasteiger charge is 2.15. The molecule has 0 bridgehead atoms. The van der Waals surface area contributed by atoms with Gasteiger partial charge in [-0.1, -0.05) is 87.1 Å². The maximum atomic E-state index is 8.51. The van der Waals surface area contributed by atoms with Crippen LogP contribution in [0, 0.1) is 0 Å². The van der Waals surface area contributed by atoms with Gasteiger partial charge in [0, 0.05) is 13.2 Å². The SMILES string of the molecule is OCCCCCCCCCCO.c1ccc2c(c1)Cc1ccccc1-2. The minimum Gasteiger partial charge on any atom is -0.396 e. The molecule has 0 aliphatic heterocycles. The summed E-state index contributed by atoms with van der Waals surface area (Å²) in [5, 5.41) is 17.0. The maximum Gasteiger partial charge on any atom is 0.0431 e. The first-order valence-corrected chi connectivity index (χ1v) is 9.74. The van der Waals surface area contributed by atoms with Crippen LogP contribution in [-0.2, 0) is 6.42 Å². The van der Waals surface area contributed by atoms with Crippen LogP contribution in [0.4, 0.5) is 0 Å². The molecule has 0 aromatic heterocycles. The molecule has 0 heterocycles. The molecule has 1 aliphatic carbocycles. The summed E-state index contributed by atoms with van der Waals surface area (Å²) in [6, 6.07) is 17.3. The van der Waals surface area contributed by atoms with Crippen molar-refractivity contribution in [2.24, 2.45) is 0 Å². The van der Waals surface area contributed by atoms with Gasteiger partial charge in [-0.25, -0.2) is 0 Å². The van der Waals surface area contributed by atoms with Crippen molar-refractivity contribution in [1.29, 1.82) is 0 Å². The molecule has 2 aromatic carbocycles. The predicted octanol–water partition coefficient (Wildman–Crippen LogP) is 5.35. The topological polar surface area (TPSA) is 40.5 Å². The Hall–Kier alpha value is -1.64. The van der Waals surface area contributed by atoms with Crippen molar-refractivity contribution in [2.75, 3.05) is 13.2 Å². The van der Waals surface area contributed by atoms with Crippen LogP contribution in [0.1, 0.15) is 62.5 Å². The van der Waals surface area contributed by atoms with E-state index < -0.39 is 0 Å². The largest absolute Gasteiger partial charge is 0.396 e. The van der Waals surface area contributed by atoms with E-state index in [1.807, 2.05) is 0 Å². The Balaban J connectivity index is 0.000000182. The van der Waals surface area contributed by atoms with E-state index in [0.717, 1.165) is 32.1 Å². The molecule has 2 heteroatoms. The summed E-state index contributed by atoms with van der Waals surface area (Å²) in [4.78, 5) is 0. The van der Waals surface area contributed by atoms with Crippen LogP contribution in [0.2, 0.25) is 0 Å². The zero-order valence-corrected chi connectivity index (χ0v) is 15.3. The van der Waals surface area contributed by atoms with E-state index in [-0.39, 0.29) is 0 Å². The van der Waals surface area contributed by atoms with E-state index in [9.17, 15) is 0 Å². The van der Waals surface area contributed by atoms with E-state index in [1.54, 1.807) is 0 Å². The molecule has 0 amide bonds. The van der Waals surface area contributed by atoms with E-state index in [4.69, 9.17) is 10.2 Å². The fourth-order valence-electron chi connectivity index (χ4n) is 3.36. The second-order valence-electron chi connectivity index (χ2n) is 6.77. The molecule has 0 saturated heterocycles. The summed E-state index contributed by atoms with van der Waals surface area (Å²) < 4.78 is 0. The van der Waals surface area contributed by atoms with Gasteiger partial charge in [0.25, 0.3) is 0 Å². The van der Waals surface area contributed by atoms with Gasteiger partial charge in [0.1, 0.15) is 0 Å². The summed E-state index contributed by atoms with van der Waals surface area (Å²) in [5.41, 5.74) is 5.75. The fraction of sp³-hybridized carbons (Fsp3) is 0.478. The van der Waals surface area contributed by atoms with Crippen LogP contribution in [0.5, 0.6) is 0 Å². The third-order valence-corrected chi connectivity index (χ3v) is 4.77. The number of aliphatic hydroxyl groups excluding tert-OH is 2. The number of aliphatic hydroxyl groups is 2. The van der Waals surface area contributed by atoms with Crippen molar-refractivity contribution in [1.82, 2.24) is 0 Å². The lowest BCUT2D eigenvalue weighted by atomic mass is 10.1. The lowest BCUT2D eigenvalue weighted by molar-refractivity contribution is 0.279. The summed E-state index contributed by atoms with van der Waals surface area (Å²) in [6.07, 6.45) is 10.4. The third-order valence-electron chi connectivity index (χ3n) is 4.77. The average molecular weight is 341 g/mol. The van der Waals surface area contributed by atoms with Crippen LogP contribution < -0.4 is 0 Å². The van der Waals surface area contributed by atoms with Crippen molar-refractivity contribution in [3.8, 4) is 11.1 Å². The third kappa shape index (κ3) is 6.64. The molecule has 0 saturated carbocycles. The number of benzene rings is 2. The lowest BCUT2D eigenvalue weighted by Crippen LogP contribution is -1.85. The van der Waals surface area contributed by atoms with Crippen LogP contribution in [0.3, 0.4) is 0 Å². The first kappa shape index (κ1) is 19.7. The van der Waals surface area contributed by atoms with Crippen molar-refractivity contribution in [2.45, 2.75) is 57.8 Å². The average Bonchev–Trinajstić information content (AvgIpc) is 3.03. The zero-order valence-electron chi connectivity index (χ0n) is 15.3. The molecular formula is C23H32O2. The van der Waals surface area contributed by atoms with Gasteiger partial charge in [-0.2, -0.15) is 0 Å². The molecule has 2 nitrogen and oxygen atoms in total. The molecule has 0 fully saturated rings. The smallest absolute Gasteiger partial charge is 0.0431 e. The van der Waals surface area contributed by atoms with Crippen molar-refractivity contribution in [3.63, 3.8) is 0 Å². The molecule has 2 aromatic rings. The van der Waals surface area contributed by atoms with Gasteiger partial charge >= 0.3 is 0 Å². The standard InChI is InChI=1S/C13H10.C10H22O2/c1-3-7-12-10(5-1)9-11-6-2-4-8-13(11)12;11-9-7-5-3-1-2-4-6-8-10-12/h1-8H,9H2;11-12H,1-10H2. The van der Waals surface area contributed by atoms with Crippen LogP contribution in [0.15, 0.2) is 48.5 Å². The Morgan fingerprint density at radius 1 is 0.520 bits per heavy atom. The van der Waals surface area contributed by atoms with Crippen molar-refractivity contribution >= 4 is 0 Å². The van der Waals surface area contributed by atoms with Gasteiger partial charge in [-0.3, -0.25) is 0 Å². The van der Waals surface area contributed by atoms with Crippen LogP contribution >= 0.6 is 0 Å². The summed E-state index contributed by atoms with van der Waals surface area (Å²) >= 11 is 0. The minimum atomic E-state index is 0.338. The van der Waals surface area contributed by atoms with Gasteiger partial charge < -0.3 is 10.2 Å². The predicted molar refractivity (Wildman–Crippen MR) is 106 cm³/mol. The summed E-state index contributed by atoms with van der Waals surface area (Å²) in [7, 11) is 0. The Kier molecular flexibility index (Phi) is 9.32. The monoisotopic (exact) mass is 340 g/mol. The normalized spacial score (nSPS) is 11.4. The molecule has 0 radical (unpaired) electrons. The Morgan fingerprint density at radius 2 is 0.880 bits per heavy atom.